The number of nitrogens with zero attached hydrogens (tertiary/aromatic N) is 2. The van der Waals surface area contributed by atoms with Crippen LogP contribution in [-0.2, 0) is 6.42 Å². The van der Waals surface area contributed by atoms with Gasteiger partial charge in [-0.15, -0.1) is 6.42 Å². The summed E-state index contributed by atoms with van der Waals surface area (Å²) in [4.78, 5) is 4.48. The number of aryl methyl sites for hydroxylation is 1. The molecule has 0 amide bonds. The molecule has 4 aromatic rings. The summed E-state index contributed by atoms with van der Waals surface area (Å²) in [5.74, 6) is 1.98. The van der Waals surface area contributed by atoms with E-state index in [0.29, 0.717) is 22.0 Å². The van der Waals surface area contributed by atoms with E-state index in [1.807, 2.05) is 13.0 Å². The normalized spacial score (nSPS) is 11.1. The SMILES string of the molecule is C#Cc1c(F)ccc2c(-c3cc4[nH]nc(CC)c4cn3)c(O)ccc12. The van der Waals surface area contributed by atoms with Crippen molar-refractivity contribution in [3.05, 3.63) is 53.6 Å². The zero-order chi connectivity index (χ0) is 17.6. The molecule has 122 valence electrons. The highest BCUT2D eigenvalue weighted by atomic mass is 19.1. The quantitative estimate of drug-likeness (QED) is 0.542. The lowest BCUT2D eigenvalue weighted by Gasteiger charge is -2.11. The molecule has 0 aliphatic rings. The number of halogens is 1. The van der Waals surface area contributed by atoms with Crippen molar-refractivity contribution in [2.75, 3.05) is 0 Å². The third kappa shape index (κ3) is 2.23. The van der Waals surface area contributed by atoms with Crippen molar-refractivity contribution in [3.63, 3.8) is 0 Å². The van der Waals surface area contributed by atoms with Crippen LogP contribution in [-0.4, -0.2) is 20.3 Å². The van der Waals surface area contributed by atoms with E-state index in [9.17, 15) is 9.50 Å². The molecule has 0 aliphatic carbocycles. The van der Waals surface area contributed by atoms with Crippen LogP contribution in [0.25, 0.3) is 32.9 Å². The van der Waals surface area contributed by atoms with Gasteiger partial charge in [0.1, 0.15) is 11.6 Å². The minimum Gasteiger partial charge on any atom is -0.507 e. The van der Waals surface area contributed by atoms with E-state index in [-0.39, 0.29) is 11.3 Å². The van der Waals surface area contributed by atoms with Crippen LogP contribution in [0.5, 0.6) is 5.75 Å². The molecule has 0 saturated heterocycles. The molecule has 0 fully saturated rings. The smallest absolute Gasteiger partial charge is 0.139 e. The second-order valence-electron chi connectivity index (χ2n) is 5.76. The van der Waals surface area contributed by atoms with Crippen LogP contribution in [0.15, 0.2) is 36.5 Å². The molecule has 0 spiro atoms. The van der Waals surface area contributed by atoms with Gasteiger partial charge in [0.25, 0.3) is 0 Å². The number of nitrogens with one attached hydrogen (secondary N) is 1. The number of pyridine rings is 1. The van der Waals surface area contributed by atoms with Crippen LogP contribution in [0.2, 0.25) is 0 Å². The number of benzene rings is 2. The molecule has 0 bridgehead atoms. The van der Waals surface area contributed by atoms with Crippen LogP contribution in [0.4, 0.5) is 4.39 Å². The summed E-state index contributed by atoms with van der Waals surface area (Å²) in [5.41, 5.74) is 3.03. The zero-order valence-electron chi connectivity index (χ0n) is 13.5. The number of aromatic nitrogens is 3. The largest absolute Gasteiger partial charge is 0.507 e. The molecule has 0 unspecified atom stereocenters. The molecule has 2 N–H and O–H groups in total. The van der Waals surface area contributed by atoms with Gasteiger partial charge in [-0.25, -0.2) is 4.39 Å². The van der Waals surface area contributed by atoms with Crippen molar-refractivity contribution >= 4 is 21.7 Å². The minimum atomic E-state index is -0.462. The molecule has 4 nitrogen and oxygen atoms in total. The van der Waals surface area contributed by atoms with Gasteiger partial charge in [-0.05, 0) is 36.1 Å². The molecule has 25 heavy (non-hydrogen) atoms. The lowest BCUT2D eigenvalue weighted by Crippen LogP contribution is -1.91. The third-order valence-corrected chi connectivity index (χ3v) is 4.39. The van der Waals surface area contributed by atoms with Gasteiger partial charge in [-0.1, -0.05) is 18.9 Å². The van der Waals surface area contributed by atoms with Crippen LogP contribution >= 0.6 is 0 Å². The summed E-state index contributed by atoms with van der Waals surface area (Å²) in [5, 5.41) is 19.8. The highest BCUT2D eigenvalue weighted by Gasteiger charge is 2.16. The van der Waals surface area contributed by atoms with Gasteiger partial charge in [0, 0.05) is 22.5 Å². The number of aromatic hydroxyl groups is 1. The number of aromatic amines is 1. The molecule has 5 heteroatoms. The number of hydrogen-bond donors (Lipinski definition) is 2. The maximum atomic E-state index is 14.0. The number of terminal acetylenes is 1. The Kier molecular flexibility index (Phi) is 3.40. The van der Waals surface area contributed by atoms with Crippen molar-refractivity contribution < 1.29 is 9.50 Å². The fraction of sp³-hybridized carbons (Fsp3) is 0.100. The van der Waals surface area contributed by atoms with Crippen LogP contribution < -0.4 is 0 Å². The Morgan fingerprint density at radius 2 is 2.00 bits per heavy atom. The molecular formula is C20H14FN3O. The predicted molar refractivity (Wildman–Crippen MR) is 95.8 cm³/mol. The average molecular weight is 331 g/mol. The molecule has 4 rings (SSSR count). The highest BCUT2D eigenvalue weighted by molar-refractivity contribution is 6.02. The third-order valence-electron chi connectivity index (χ3n) is 4.39. The first-order valence-electron chi connectivity index (χ1n) is 7.88. The maximum Gasteiger partial charge on any atom is 0.139 e. The predicted octanol–water partition coefficient (Wildman–Crippen LogP) is 4.17. The van der Waals surface area contributed by atoms with Gasteiger partial charge < -0.3 is 5.11 Å². The molecule has 0 atom stereocenters. The lowest BCUT2D eigenvalue weighted by molar-refractivity contribution is 0.478. The first-order valence-corrected chi connectivity index (χ1v) is 7.88. The average Bonchev–Trinajstić information content (AvgIpc) is 3.04. The molecule has 2 aromatic carbocycles. The molecule has 0 saturated carbocycles. The van der Waals surface area contributed by atoms with E-state index in [0.717, 1.165) is 23.0 Å². The van der Waals surface area contributed by atoms with Gasteiger partial charge in [0.2, 0.25) is 0 Å². The van der Waals surface area contributed by atoms with Crippen LogP contribution in [0.1, 0.15) is 18.2 Å². The number of phenols is 1. The van der Waals surface area contributed by atoms with E-state index in [2.05, 4.69) is 21.1 Å². The molecule has 0 radical (unpaired) electrons. The molecule has 2 aromatic heterocycles. The summed E-state index contributed by atoms with van der Waals surface area (Å²) in [7, 11) is 0. The first-order chi connectivity index (χ1) is 12.1. The van der Waals surface area contributed by atoms with E-state index < -0.39 is 5.82 Å². The Morgan fingerprint density at radius 3 is 2.76 bits per heavy atom. The molecule has 2 heterocycles. The Morgan fingerprint density at radius 1 is 1.20 bits per heavy atom. The number of hydrogen-bond acceptors (Lipinski definition) is 3. The summed E-state index contributed by atoms with van der Waals surface area (Å²) >= 11 is 0. The van der Waals surface area contributed by atoms with E-state index in [4.69, 9.17) is 6.42 Å². The number of phenolic OH excluding ortho intramolecular Hbond substituents is 1. The van der Waals surface area contributed by atoms with Gasteiger partial charge in [-0.2, -0.15) is 5.10 Å². The van der Waals surface area contributed by atoms with E-state index >= 15 is 0 Å². The summed E-state index contributed by atoms with van der Waals surface area (Å²) in [6, 6.07) is 7.88. The number of H-pyrrole nitrogens is 1. The van der Waals surface area contributed by atoms with Gasteiger partial charge in [-0.3, -0.25) is 10.1 Å². The topological polar surface area (TPSA) is 61.8 Å². The summed E-state index contributed by atoms with van der Waals surface area (Å²) < 4.78 is 14.0. The standard InChI is InChI=1S/C20H14FN3O/c1-3-11-12-6-8-19(25)20(13(12)5-7-15(11)21)18-9-17-14(10-22-18)16(4-2)23-24-17/h1,5-10,25H,4H2,2H3,(H,23,24). The van der Waals surface area contributed by atoms with Crippen molar-refractivity contribution in [1.29, 1.82) is 0 Å². The van der Waals surface area contributed by atoms with Crippen molar-refractivity contribution in [2.24, 2.45) is 0 Å². The van der Waals surface area contributed by atoms with Gasteiger partial charge >= 0.3 is 0 Å². The fourth-order valence-corrected chi connectivity index (χ4v) is 3.16. The second kappa shape index (κ2) is 5.60. The maximum absolute atomic E-state index is 14.0. The van der Waals surface area contributed by atoms with Crippen LogP contribution in [0, 0.1) is 18.2 Å². The van der Waals surface area contributed by atoms with E-state index in [1.54, 1.807) is 18.3 Å². The fourth-order valence-electron chi connectivity index (χ4n) is 3.16. The lowest BCUT2D eigenvalue weighted by atomic mass is 9.96. The second-order valence-corrected chi connectivity index (χ2v) is 5.76. The van der Waals surface area contributed by atoms with Crippen molar-refractivity contribution in [3.8, 4) is 29.4 Å². The molecular weight excluding hydrogens is 317 g/mol. The zero-order valence-corrected chi connectivity index (χ0v) is 13.5. The minimum absolute atomic E-state index is 0.0594. The molecule has 0 aliphatic heterocycles. The Bertz CT molecular complexity index is 1170. The summed E-state index contributed by atoms with van der Waals surface area (Å²) in [6.07, 6.45) is 7.98. The monoisotopic (exact) mass is 331 g/mol. The Balaban J connectivity index is 2.04. The Labute approximate surface area is 143 Å². The number of rotatable bonds is 2. The highest BCUT2D eigenvalue weighted by Crippen LogP contribution is 2.37. The van der Waals surface area contributed by atoms with Crippen molar-refractivity contribution in [2.45, 2.75) is 13.3 Å². The van der Waals surface area contributed by atoms with E-state index in [1.165, 1.54) is 12.1 Å². The van der Waals surface area contributed by atoms with Crippen LogP contribution in [0.3, 0.4) is 0 Å². The van der Waals surface area contributed by atoms with Gasteiger partial charge in [0.15, 0.2) is 0 Å². The summed E-state index contributed by atoms with van der Waals surface area (Å²) in [6.45, 7) is 2.02. The first kappa shape index (κ1) is 15.2. The van der Waals surface area contributed by atoms with Gasteiger partial charge in [0.05, 0.1) is 22.5 Å². The number of fused-ring (bicyclic) bond motifs is 2. The van der Waals surface area contributed by atoms with Crippen molar-refractivity contribution in [1.82, 2.24) is 15.2 Å². The Hall–Kier alpha value is -3.39.